The van der Waals surface area contributed by atoms with Crippen molar-refractivity contribution in [2.75, 3.05) is 13.1 Å². The predicted molar refractivity (Wildman–Crippen MR) is 82.0 cm³/mol. The van der Waals surface area contributed by atoms with Gasteiger partial charge in [-0.05, 0) is 25.0 Å². The summed E-state index contributed by atoms with van der Waals surface area (Å²) < 4.78 is 5.97. The van der Waals surface area contributed by atoms with Crippen LogP contribution in [0.4, 0.5) is 0 Å². The normalized spacial score (nSPS) is 26.8. The van der Waals surface area contributed by atoms with E-state index in [-0.39, 0.29) is 24.0 Å². The van der Waals surface area contributed by atoms with Crippen molar-refractivity contribution in [3.05, 3.63) is 30.3 Å². The van der Waals surface area contributed by atoms with E-state index < -0.39 is 0 Å². The number of nitrogens with two attached hydrogens (primary N) is 1. The number of rotatable bonds is 3. The van der Waals surface area contributed by atoms with Crippen molar-refractivity contribution in [1.29, 1.82) is 0 Å². The molecule has 3 rings (SSSR count). The smallest absolute Gasteiger partial charge is 0.227 e. The van der Waals surface area contributed by atoms with Gasteiger partial charge in [-0.15, -0.1) is 0 Å². The average molecular weight is 288 g/mol. The number of carbonyl (C=O) groups excluding carboxylic acids is 1. The fourth-order valence-electron chi connectivity index (χ4n) is 3.42. The second-order valence-electron chi connectivity index (χ2n) is 6.16. The van der Waals surface area contributed by atoms with Crippen LogP contribution in [0, 0.1) is 5.92 Å². The van der Waals surface area contributed by atoms with Gasteiger partial charge in [0.05, 0.1) is 5.92 Å². The Morgan fingerprint density at radius 1 is 1.10 bits per heavy atom. The summed E-state index contributed by atoms with van der Waals surface area (Å²) in [5.74, 6) is 1.23. The number of carbonyl (C=O) groups is 1. The van der Waals surface area contributed by atoms with Gasteiger partial charge >= 0.3 is 0 Å². The average Bonchev–Trinajstić information content (AvgIpc) is 2.94. The topological polar surface area (TPSA) is 55.6 Å². The maximum absolute atomic E-state index is 12.5. The van der Waals surface area contributed by atoms with Crippen molar-refractivity contribution >= 4 is 5.91 Å². The molecule has 2 atom stereocenters. The highest BCUT2D eigenvalue weighted by molar-refractivity contribution is 5.80. The predicted octanol–water partition coefficient (Wildman–Crippen LogP) is 2.18. The molecule has 114 valence electrons. The van der Waals surface area contributed by atoms with Gasteiger partial charge in [-0.2, -0.15) is 0 Å². The Morgan fingerprint density at radius 3 is 2.43 bits per heavy atom. The molecule has 4 heteroatoms. The van der Waals surface area contributed by atoms with E-state index >= 15 is 0 Å². The number of benzene rings is 1. The van der Waals surface area contributed by atoms with Crippen molar-refractivity contribution < 1.29 is 9.53 Å². The number of hydrogen-bond acceptors (Lipinski definition) is 3. The van der Waals surface area contributed by atoms with Crippen LogP contribution in [0.25, 0.3) is 0 Å². The monoisotopic (exact) mass is 288 g/mol. The van der Waals surface area contributed by atoms with Crippen LogP contribution in [-0.2, 0) is 4.79 Å². The van der Waals surface area contributed by atoms with E-state index in [1.807, 2.05) is 35.2 Å². The molecule has 2 fully saturated rings. The fraction of sp³-hybridized carbons (Fsp3) is 0.588. The lowest BCUT2D eigenvalue weighted by Gasteiger charge is -2.34. The van der Waals surface area contributed by atoms with Crippen molar-refractivity contribution in [2.45, 2.75) is 44.2 Å². The summed E-state index contributed by atoms with van der Waals surface area (Å²) in [6.07, 6.45) is 5.06. The molecule has 21 heavy (non-hydrogen) atoms. The molecule has 1 saturated heterocycles. The first kappa shape index (κ1) is 14.4. The minimum absolute atomic E-state index is 0.0524. The van der Waals surface area contributed by atoms with Crippen LogP contribution in [0.5, 0.6) is 5.75 Å². The quantitative estimate of drug-likeness (QED) is 0.927. The van der Waals surface area contributed by atoms with Crippen LogP contribution in [0.1, 0.15) is 32.1 Å². The van der Waals surface area contributed by atoms with Crippen LogP contribution in [0.3, 0.4) is 0 Å². The van der Waals surface area contributed by atoms with E-state index in [1.165, 1.54) is 0 Å². The molecule has 1 saturated carbocycles. The lowest BCUT2D eigenvalue weighted by molar-refractivity contribution is -0.137. The van der Waals surface area contributed by atoms with Gasteiger partial charge in [0.15, 0.2) is 0 Å². The van der Waals surface area contributed by atoms with Gasteiger partial charge < -0.3 is 15.4 Å². The molecule has 0 spiro atoms. The molecule has 4 nitrogen and oxygen atoms in total. The van der Waals surface area contributed by atoms with Crippen LogP contribution in [0.2, 0.25) is 0 Å². The molecular weight excluding hydrogens is 264 g/mol. The molecule has 2 N–H and O–H groups in total. The largest absolute Gasteiger partial charge is 0.490 e. The van der Waals surface area contributed by atoms with Crippen LogP contribution in [0.15, 0.2) is 30.3 Å². The van der Waals surface area contributed by atoms with E-state index in [9.17, 15) is 4.79 Å². The second kappa shape index (κ2) is 6.48. The SMILES string of the molecule is NC1CCCC1C(=O)N1CCC(Oc2ccccc2)CC1. The summed E-state index contributed by atoms with van der Waals surface area (Å²) in [6, 6.07) is 9.98. The number of ether oxygens (including phenoxy) is 1. The van der Waals surface area contributed by atoms with Gasteiger partial charge in [-0.3, -0.25) is 4.79 Å². The third kappa shape index (κ3) is 3.38. The van der Waals surface area contributed by atoms with Gasteiger partial charge in [0.2, 0.25) is 5.91 Å². The molecule has 0 aromatic heterocycles. The number of amides is 1. The molecule has 0 radical (unpaired) electrons. The summed E-state index contributed by atoms with van der Waals surface area (Å²) in [5.41, 5.74) is 6.04. The number of para-hydroxylation sites is 1. The number of likely N-dealkylation sites (tertiary alicyclic amines) is 1. The first-order valence-electron chi connectivity index (χ1n) is 8.00. The van der Waals surface area contributed by atoms with Crippen LogP contribution in [-0.4, -0.2) is 36.0 Å². The zero-order chi connectivity index (χ0) is 14.7. The standard InChI is InChI=1S/C17H24N2O2/c18-16-8-4-7-15(16)17(20)19-11-9-14(10-12-19)21-13-5-2-1-3-6-13/h1-3,5-6,14-16H,4,7-12,18H2. The van der Waals surface area contributed by atoms with E-state index in [0.717, 1.165) is 50.9 Å². The Balaban J connectivity index is 1.50. The van der Waals surface area contributed by atoms with E-state index in [2.05, 4.69) is 0 Å². The first-order chi connectivity index (χ1) is 10.2. The maximum Gasteiger partial charge on any atom is 0.227 e. The van der Waals surface area contributed by atoms with Crippen molar-refractivity contribution in [3.8, 4) is 5.75 Å². The summed E-state index contributed by atoms with van der Waals surface area (Å²) >= 11 is 0. The summed E-state index contributed by atoms with van der Waals surface area (Å²) in [5, 5.41) is 0. The number of piperidine rings is 1. The van der Waals surface area contributed by atoms with Gasteiger partial charge in [-0.1, -0.05) is 24.6 Å². The molecule has 1 aliphatic heterocycles. The minimum atomic E-state index is 0.0524. The van der Waals surface area contributed by atoms with Gasteiger partial charge in [0.25, 0.3) is 0 Å². The Bertz CT molecular complexity index is 469. The summed E-state index contributed by atoms with van der Waals surface area (Å²) in [4.78, 5) is 14.5. The van der Waals surface area contributed by atoms with Gasteiger partial charge in [0.1, 0.15) is 11.9 Å². The molecule has 2 unspecified atom stereocenters. The Kier molecular flexibility index (Phi) is 4.44. The van der Waals surface area contributed by atoms with Crippen molar-refractivity contribution in [1.82, 2.24) is 4.90 Å². The number of nitrogens with zero attached hydrogens (tertiary/aromatic N) is 1. The lowest BCUT2D eigenvalue weighted by Crippen LogP contribution is -2.47. The van der Waals surface area contributed by atoms with E-state index in [4.69, 9.17) is 10.5 Å². The lowest BCUT2D eigenvalue weighted by atomic mass is 10.00. The summed E-state index contributed by atoms with van der Waals surface area (Å²) in [7, 11) is 0. The van der Waals surface area contributed by atoms with Crippen LogP contribution >= 0.6 is 0 Å². The molecule has 1 heterocycles. The zero-order valence-corrected chi connectivity index (χ0v) is 12.4. The third-order valence-electron chi connectivity index (χ3n) is 4.69. The van der Waals surface area contributed by atoms with E-state index in [1.54, 1.807) is 0 Å². The maximum atomic E-state index is 12.5. The zero-order valence-electron chi connectivity index (χ0n) is 12.4. The Hall–Kier alpha value is -1.55. The number of hydrogen-bond donors (Lipinski definition) is 1. The molecule has 1 aromatic carbocycles. The molecular formula is C17H24N2O2. The van der Waals surface area contributed by atoms with Gasteiger partial charge in [0, 0.05) is 32.0 Å². The first-order valence-corrected chi connectivity index (χ1v) is 8.00. The van der Waals surface area contributed by atoms with Crippen molar-refractivity contribution in [3.63, 3.8) is 0 Å². The fourth-order valence-corrected chi connectivity index (χ4v) is 3.42. The molecule has 0 bridgehead atoms. The highest BCUT2D eigenvalue weighted by Crippen LogP contribution is 2.27. The van der Waals surface area contributed by atoms with Crippen LogP contribution < -0.4 is 10.5 Å². The molecule has 1 amide bonds. The highest BCUT2D eigenvalue weighted by atomic mass is 16.5. The third-order valence-corrected chi connectivity index (χ3v) is 4.69. The molecule has 2 aliphatic rings. The Labute approximate surface area is 126 Å². The Morgan fingerprint density at radius 2 is 1.81 bits per heavy atom. The molecule has 1 aliphatic carbocycles. The second-order valence-corrected chi connectivity index (χ2v) is 6.16. The van der Waals surface area contributed by atoms with Gasteiger partial charge in [-0.25, -0.2) is 0 Å². The van der Waals surface area contributed by atoms with Crippen molar-refractivity contribution in [2.24, 2.45) is 11.7 Å². The molecule has 1 aromatic rings. The van der Waals surface area contributed by atoms with E-state index in [0.29, 0.717) is 0 Å². The minimum Gasteiger partial charge on any atom is -0.490 e. The summed E-state index contributed by atoms with van der Waals surface area (Å²) in [6.45, 7) is 1.58. The highest BCUT2D eigenvalue weighted by Gasteiger charge is 2.34.